The zero-order valence-electron chi connectivity index (χ0n) is 12.4. The lowest BCUT2D eigenvalue weighted by Crippen LogP contribution is -2.54. The van der Waals surface area contributed by atoms with Crippen molar-refractivity contribution in [2.24, 2.45) is 11.7 Å². The Morgan fingerprint density at radius 1 is 1.48 bits per heavy atom. The van der Waals surface area contributed by atoms with Crippen LogP contribution in [0.4, 0.5) is 4.79 Å². The number of esters is 1. The molecule has 1 saturated carbocycles. The summed E-state index contributed by atoms with van der Waals surface area (Å²) in [4.78, 5) is 24.4. The molecule has 0 unspecified atom stereocenters. The lowest BCUT2D eigenvalue weighted by atomic mass is 9.84. The van der Waals surface area contributed by atoms with Crippen LogP contribution in [0.3, 0.4) is 0 Å². The minimum Gasteiger partial charge on any atom is -0.467 e. The Bertz CT molecular complexity index is 384. The Morgan fingerprint density at radius 2 is 2.14 bits per heavy atom. The molecular formula is C14H24N2O5. The summed E-state index contributed by atoms with van der Waals surface area (Å²) in [5.74, 6) is -0.136. The number of ether oxygens (including phenoxy) is 2. The topological polar surface area (TPSA) is 102 Å². The van der Waals surface area contributed by atoms with Crippen molar-refractivity contribution < 1.29 is 24.2 Å². The van der Waals surface area contributed by atoms with Crippen molar-refractivity contribution in [1.82, 2.24) is 4.90 Å². The first kappa shape index (κ1) is 16.0. The predicted octanol–water partition coefficient (Wildman–Crippen LogP) is 0.596. The molecule has 7 nitrogen and oxygen atoms in total. The number of aliphatic hydroxyl groups is 1. The van der Waals surface area contributed by atoms with E-state index in [2.05, 4.69) is 4.74 Å². The first-order valence-corrected chi connectivity index (χ1v) is 7.51. The number of carbonyl (C=O) groups is 2. The van der Waals surface area contributed by atoms with Gasteiger partial charge in [0.15, 0.2) is 6.04 Å². The predicted molar refractivity (Wildman–Crippen MR) is 74.2 cm³/mol. The number of amides is 1. The number of nitrogens with two attached hydrogens (primary N) is 1. The Hall–Kier alpha value is -1.34. The quantitative estimate of drug-likeness (QED) is 0.721. The summed E-state index contributed by atoms with van der Waals surface area (Å²) in [6, 6.07) is -1.51. The zero-order chi connectivity index (χ0) is 15.4. The van der Waals surface area contributed by atoms with Crippen LogP contribution < -0.4 is 5.73 Å². The van der Waals surface area contributed by atoms with Crippen molar-refractivity contribution in [3.05, 3.63) is 0 Å². The van der Waals surface area contributed by atoms with Crippen molar-refractivity contribution in [3.63, 3.8) is 0 Å². The van der Waals surface area contributed by atoms with E-state index in [-0.39, 0.29) is 6.61 Å². The van der Waals surface area contributed by atoms with Gasteiger partial charge in [-0.1, -0.05) is 32.1 Å². The third kappa shape index (κ3) is 3.65. The number of methoxy groups -OCH3 is 1. The van der Waals surface area contributed by atoms with Crippen molar-refractivity contribution in [3.8, 4) is 0 Å². The normalized spacial score (nSPS) is 26.3. The van der Waals surface area contributed by atoms with E-state index in [4.69, 9.17) is 10.5 Å². The molecule has 120 valence electrons. The van der Waals surface area contributed by atoms with Crippen LogP contribution in [-0.4, -0.2) is 54.1 Å². The van der Waals surface area contributed by atoms with Gasteiger partial charge < -0.3 is 20.3 Å². The van der Waals surface area contributed by atoms with Crippen LogP contribution in [0.5, 0.6) is 0 Å². The second kappa shape index (κ2) is 7.09. The highest BCUT2D eigenvalue weighted by molar-refractivity contribution is 5.84. The van der Waals surface area contributed by atoms with Gasteiger partial charge in [0.1, 0.15) is 12.8 Å². The lowest BCUT2D eigenvalue weighted by molar-refractivity contribution is -0.148. The maximum atomic E-state index is 11.7. The van der Waals surface area contributed by atoms with E-state index in [1.54, 1.807) is 0 Å². The van der Waals surface area contributed by atoms with Gasteiger partial charge in [-0.25, -0.2) is 9.59 Å². The van der Waals surface area contributed by atoms with Gasteiger partial charge >= 0.3 is 12.1 Å². The van der Waals surface area contributed by atoms with Gasteiger partial charge in [0.25, 0.3) is 0 Å². The first-order chi connectivity index (χ1) is 10.0. The number of rotatable bonds is 5. The molecule has 21 heavy (non-hydrogen) atoms. The maximum absolute atomic E-state index is 11.7. The molecule has 1 aliphatic carbocycles. The molecule has 0 aromatic carbocycles. The summed E-state index contributed by atoms with van der Waals surface area (Å²) in [6.07, 6.45) is 4.50. The molecule has 3 atom stereocenters. The van der Waals surface area contributed by atoms with Crippen molar-refractivity contribution >= 4 is 12.1 Å². The summed E-state index contributed by atoms with van der Waals surface area (Å²) in [6.45, 7) is -0.112. The van der Waals surface area contributed by atoms with Crippen molar-refractivity contribution in [2.75, 3.05) is 13.7 Å². The van der Waals surface area contributed by atoms with Gasteiger partial charge in [-0.2, -0.15) is 0 Å². The standard InChI is InChI=1S/C14H24N2O5/c1-20-13(18)11-8-21-14(19)16(11)12(17)10(15)7-9-5-3-2-4-6-9/h9-12,17H,2-8,15H2,1H3/t10-,11-,12+/m0/s1. The number of hydrogen-bond donors (Lipinski definition) is 2. The largest absolute Gasteiger partial charge is 0.467 e. The van der Waals surface area contributed by atoms with E-state index in [0.29, 0.717) is 12.3 Å². The maximum Gasteiger partial charge on any atom is 0.412 e. The summed E-state index contributed by atoms with van der Waals surface area (Å²) in [7, 11) is 1.23. The molecule has 1 heterocycles. The minimum atomic E-state index is -1.23. The molecule has 0 bridgehead atoms. The molecule has 0 aromatic heterocycles. The van der Waals surface area contributed by atoms with Crippen LogP contribution >= 0.6 is 0 Å². The fourth-order valence-electron chi connectivity index (χ4n) is 3.18. The second-order valence-electron chi connectivity index (χ2n) is 5.84. The van der Waals surface area contributed by atoms with Crippen LogP contribution in [0.15, 0.2) is 0 Å². The Morgan fingerprint density at radius 3 is 2.76 bits per heavy atom. The number of hydrogen-bond acceptors (Lipinski definition) is 6. The van der Waals surface area contributed by atoms with E-state index in [1.807, 2.05) is 0 Å². The SMILES string of the molecule is COC(=O)[C@@H]1COC(=O)N1[C@H](O)[C@@H](N)CC1CCCCC1. The summed E-state index contributed by atoms with van der Waals surface area (Å²) in [5.41, 5.74) is 6.04. The number of nitrogens with zero attached hydrogens (tertiary/aromatic N) is 1. The van der Waals surface area contributed by atoms with Gasteiger partial charge in [-0.3, -0.25) is 4.90 Å². The minimum absolute atomic E-state index is 0.112. The zero-order valence-corrected chi connectivity index (χ0v) is 12.4. The molecule has 0 radical (unpaired) electrons. The van der Waals surface area contributed by atoms with Gasteiger partial charge in [-0.15, -0.1) is 0 Å². The molecule has 1 aliphatic heterocycles. The Balaban J connectivity index is 1.97. The molecule has 2 rings (SSSR count). The first-order valence-electron chi connectivity index (χ1n) is 7.51. The van der Waals surface area contributed by atoms with E-state index in [9.17, 15) is 14.7 Å². The van der Waals surface area contributed by atoms with Crippen molar-refractivity contribution in [2.45, 2.75) is 56.8 Å². The summed E-state index contributed by atoms with van der Waals surface area (Å²) < 4.78 is 9.46. The fourth-order valence-corrected chi connectivity index (χ4v) is 3.18. The molecule has 7 heteroatoms. The second-order valence-corrected chi connectivity index (χ2v) is 5.84. The lowest BCUT2D eigenvalue weighted by Gasteiger charge is -2.32. The molecule has 1 amide bonds. The Kier molecular flexibility index (Phi) is 5.41. The van der Waals surface area contributed by atoms with Gasteiger partial charge in [0.05, 0.1) is 7.11 Å². The van der Waals surface area contributed by atoms with E-state index < -0.39 is 30.4 Å². The highest BCUT2D eigenvalue weighted by Gasteiger charge is 2.44. The average molecular weight is 300 g/mol. The molecular weight excluding hydrogens is 276 g/mol. The van der Waals surface area contributed by atoms with E-state index >= 15 is 0 Å². The van der Waals surface area contributed by atoms with Gasteiger partial charge in [0, 0.05) is 6.04 Å². The molecule has 1 saturated heterocycles. The summed E-state index contributed by atoms with van der Waals surface area (Å²) in [5, 5.41) is 10.3. The molecule has 0 aromatic rings. The van der Waals surface area contributed by atoms with Gasteiger partial charge in [0.2, 0.25) is 0 Å². The number of cyclic esters (lactones) is 1. The third-order valence-corrected chi connectivity index (χ3v) is 4.38. The van der Waals surface area contributed by atoms with Crippen LogP contribution in [0.2, 0.25) is 0 Å². The highest BCUT2D eigenvalue weighted by Crippen LogP contribution is 2.28. The van der Waals surface area contributed by atoms with E-state index in [1.165, 1.54) is 26.4 Å². The molecule has 0 spiro atoms. The number of aliphatic hydroxyl groups excluding tert-OH is 1. The van der Waals surface area contributed by atoms with E-state index in [0.717, 1.165) is 17.7 Å². The smallest absolute Gasteiger partial charge is 0.412 e. The fraction of sp³-hybridized carbons (Fsp3) is 0.857. The average Bonchev–Trinajstić information content (AvgIpc) is 2.88. The summed E-state index contributed by atoms with van der Waals surface area (Å²) >= 11 is 0. The molecule has 2 fully saturated rings. The molecule has 2 aliphatic rings. The van der Waals surface area contributed by atoms with Crippen LogP contribution in [-0.2, 0) is 14.3 Å². The van der Waals surface area contributed by atoms with Crippen LogP contribution in [0, 0.1) is 5.92 Å². The molecule has 3 N–H and O–H groups in total. The Labute approximate surface area is 124 Å². The monoisotopic (exact) mass is 300 g/mol. The third-order valence-electron chi connectivity index (χ3n) is 4.38. The highest BCUT2D eigenvalue weighted by atomic mass is 16.6. The van der Waals surface area contributed by atoms with Gasteiger partial charge in [-0.05, 0) is 12.3 Å². The van der Waals surface area contributed by atoms with Crippen LogP contribution in [0.25, 0.3) is 0 Å². The van der Waals surface area contributed by atoms with Crippen molar-refractivity contribution in [1.29, 1.82) is 0 Å². The number of carbonyl (C=O) groups excluding carboxylic acids is 2. The van der Waals surface area contributed by atoms with Crippen LogP contribution in [0.1, 0.15) is 38.5 Å².